The maximum Gasteiger partial charge on any atom is 0.251 e. The lowest BCUT2D eigenvalue weighted by Crippen LogP contribution is -2.48. The summed E-state index contributed by atoms with van der Waals surface area (Å²) in [6, 6.07) is 14.9. The fourth-order valence-electron chi connectivity index (χ4n) is 4.63. The van der Waals surface area contributed by atoms with Crippen molar-refractivity contribution in [2.45, 2.75) is 26.9 Å². The molecule has 0 atom stereocenters. The van der Waals surface area contributed by atoms with Crippen LogP contribution in [0.3, 0.4) is 0 Å². The Hall–Kier alpha value is -2.57. The van der Waals surface area contributed by atoms with Crippen LogP contribution in [0.5, 0.6) is 0 Å². The van der Waals surface area contributed by atoms with E-state index in [0.29, 0.717) is 13.2 Å². The lowest BCUT2D eigenvalue weighted by molar-refractivity contribution is 0.0945. The molecule has 0 aromatic heterocycles. The predicted molar refractivity (Wildman–Crippen MR) is 131 cm³/mol. The van der Waals surface area contributed by atoms with Gasteiger partial charge in [0.15, 0.2) is 0 Å². The Morgan fingerprint density at radius 2 is 1.75 bits per heavy atom. The van der Waals surface area contributed by atoms with E-state index in [0.717, 1.165) is 64.4 Å². The molecule has 2 aromatic rings. The van der Waals surface area contributed by atoms with E-state index in [1.165, 1.54) is 22.5 Å². The lowest BCUT2D eigenvalue weighted by Gasteiger charge is -2.36. The van der Waals surface area contributed by atoms with Gasteiger partial charge in [0, 0.05) is 69.3 Å². The molecule has 172 valence electrons. The van der Waals surface area contributed by atoms with Crippen molar-refractivity contribution in [3.05, 3.63) is 59.2 Å². The second-order valence-electron chi connectivity index (χ2n) is 8.56. The van der Waals surface area contributed by atoms with Crippen LogP contribution in [0.1, 0.15) is 35.3 Å². The number of hydrogen-bond donors (Lipinski definition) is 1. The Balaban J connectivity index is 1.20. The number of benzene rings is 2. The number of anilines is 2. The van der Waals surface area contributed by atoms with Crippen molar-refractivity contribution < 1.29 is 9.53 Å². The van der Waals surface area contributed by atoms with Crippen LogP contribution >= 0.6 is 0 Å². The average Bonchev–Trinajstić information content (AvgIpc) is 2.85. The Kier molecular flexibility index (Phi) is 7.66. The van der Waals surface area contributed by atoms with Crippen molar-refractivity contribution in [1.82, 2.24) is 10.2 Å². The summed E-state index contributed by atoms with van der Waals surface area (Å²) in [5, 5.41) is 3.09. The first-order chi connectivity index (χ1) is 15.7. The van der Waals surface area contributed by atoms with Crippen LogP contribution in [0.15, 0.2) is 42.5 Å². The van der Waals surface area contributed by atoms with Gasteiger partial charge in [0.25, 0.3) is 5.91 Å². The van der Waals surface area contributed by atoms with Crippen molar-refractivity contribution in [1.29, 1.82) is 0 Å². The summed E-state index contributed by atoms with van der Waals surface area (Å²) in [4.78, 5) is 19.8. The number of amides is 1. The largest absolute Gasteiger partial charge is 0.376 e. The molecule has 0 spiro atoms. The molecule has 0 radical (unpaired) electrons. The smallest absolute Gasteiger partial charge is 0.251 e. The van der Waals surface area contributed by atoms with Crippen molar-refractivity contribution in [2.75, 3.05) is 68.8 Å². The number of ether oxygens (including phenoxy) is 1. The van der Waals surface area contributed by atoms with Gasteiger partial charge >= 0.3 is 0 Å². The summed E-state index contributed by atoms with van der Waals surface area (Å²) in [6.45, 7) is 13.5. The number of hydrogen-bond acceptors (Lipinski definition) is 5. The maximum atomic E-state index is 12.6. The number of nitrogens with zero attached hydrogens (tertiary/aromatic N) is 3. The first kappa shape index (κ1) is 22.6. The van der Waals surface area contributed by atoms with Crippen LogP contribution < -0.4 is 15.1 Å². The summed E-state index contributed by atoms with van der Waals surface area (Å²) in [7, 11) is 0. The normalized spacial score (nSPS) is 16.5. The molecular formula is C26H36N4O2. The number of nitrogens with one attached hydrogen (secondary N) is 1. The Bertz CT molecular complexity index is 887. The van der Waals surface area contributed by atoms with Gasteiger partial charge in [-0.15, -0.1) is 0 Å². The summed E-state index contributed by atoms with van der Waals surface area (Å²) in [6.07, 6.45) is 0.888. The van der Waals surface area contributed by atoms with Gasteiger partial charge < -0.3 is 19.9 Å². The summed E-state index contributed by atoms with van der Waals surface area (Å²) in [5.74, 6) is 0.0196. The van der Waals surface area contributed by atoms with Gasteiger partial charge in [-0.1, -0.05) is 6.07 Å². The number of piperazine rings is 1. The summed E-state index contributed by atoms with van der Waals surface area (Å²) >= 11 is 0. The van der Waals surface area contributed by atoms with Crippen molar-refractivity contribution >= 4 is 17.3 Å². The zero-order chi connectivity index (χ0) is 22.3. The predicted octanol–water partition coefficient (Wildman–Crippen LogP) is 3.16. The standard InChI is InChI=1S/C26H36N4O2/c1-3-29(4-2)24-7-9-25(10-8-24)30-16-14-28(15-17-30)13-12-27-26(31)22-5-6-23-20-32-18-11-21(23)19-22/h5-10,19H,3-4,11-18,20H2,1-2H3,(H,27,31). The maximum absolute atomic E-state index is 12.6. The summed E-state index contributed by atoms with van der Waals surface area (Å²) < 4.78 is 5.48. The minimum atomic E-state index is 0.0196. The number of fused-ring (bicyclic) bond motifs is 1. The molecule has 32 heavy (non-hydrogen) atoms. The first-order valence-electron chi connectivity index (χ1n) is 12.0. The first-order valence-corrected chi connectivity index (χ1v) is 12.0. The van der Waals surface area contributed by atoms with Crippen molar-refractivity contribution in [3.8, 4) is 0 Å². The van der Waals surface area contributed by atoms with Gasteiger partial charge in [-0.05, 0) is 67.8 Å². The van der Waals surface area contributed by atoms with Gasteiger partial charge in [0.1, 0.15) is 0 Å². The highest BCUT2D eigenvalue weighted by atomic mass is 16.5. The third-order valence-corrected chi connectivity index (χ3v) is 6.67. The molecule has 1 amide bonds. The van der Waals surface area contributed by atoms with Gasteiger partial charge in [0.05, 0.1) is 13.2 Å². The van der Waals surface area contributed by atoms with E-state index in [-0.39, 0.29) is 5.91 Å². The molecule has 4 rings (SSSR count). The van der Waals surface area contributed by atoms with Gasteiger partial charge in [-0.2, -0.15) is 0 Å². The summed E-state index contributed by atoms with van der Waals surface area (Å²) in [5.41, 5.74) is 5.79. The highest BCUT2D eigenvalue weighted by Crippen LogP contribution is 2.22. The molecular weight excluding hydrogens is 400 g/mol. The quantitative estimate of drug-likeness (QED) is 0.689. The SMILES string of the molecule is CCN(CC)c1ccc(N2CCN(CCNC(=O)c3ccc4c(c3)CCOC4)CC2)cc1. The zero-order valence-electron chi connectivity index (χ0n) is 19.5. The van der Waals surface area contributed by atoms with Crippen LogP contribution in [-0.4, -0.2) is 69.8 Å². The molecule has 2 heterocycles. The van der Waals surface area contributed by atoms with Gasteiger partial charge in [0.2, 0.25) is 0 Å². The molecule has 2 aliphatic rings. The second-order valence-corrected chi connectivity index (χ2v) is 8.56. The van der Waals surface area contributed by atoms with E-state index >= 15 is 0 Å². The molecule has 0 bridgehead atoms. The van der Waals surface area contributed by atoms with E-state index in [1.54, 1.807) is 0 Å². The minimum Gasteiger partial charge on any atom is -0.376 e. The Morgan fingerprint density at radius 3 is 2.47 bits per heavy atom. The Labute approximate surface area is 192 Å². The fourth-order valence-corrected chi connectivity index (χ4v) is 4.63. The number of rotatable bonds is 8. The van der Waals surface area contributed by atoms with Gasteiger partial charge in [-0.3, -0.25) is 9.69 Å². The van der Waals surface area contributed by atoms with Crippen LogP contribution in [0.2, 0.25) is 0 Å². The van der Waals surface area contributed by atoms with E-state index in [2.05, 4.69) is 58.1 Å². The average molecular weight is 437 g/mol. The third-order valence-electron chi connectivity index (χ3n) is 6.67. The highest BCUT2D eigenvalue weighted by Gasteiger charge is 2.18. The second kappa shape index (κ2) is 10.8. The van der Waals surface area contributed by atoms with E-state index in [4.69, 9.17) is 4.74 Å². The zero-order valence-corrected chi connectivity index (χ0v) is 19.5. The molecule has 0 saturated carbocycles. The number of carbonyl (C=O) groups excluding carboxylic acids is 1. The van der Waals surface area contributed by atoms with Crippen LogP contribution in [0.4, 0.5) is 11.4 Å². The molecule has 6 nitrogen and oxygen atoms in total. The molecule has 1 fully saturated rings. The monoisotopic (exact) mass is 436 g/mol. The Morgan fingerprint density at radius 1 is 1.00 bits per heavy atom. The minimum absolute atomic E-state index is 0.0196. The van der Waals surface area contributed by atoms with Crippen LogP contribution in [-0.2, 0) is 17.8 Å². The molecule has 6 heteroatoms. The van der Waals surface area contributed by atoms with E-state index < -0.39 is 0 Å². The third kappa shape index (κ3) is 5.43. The van der Waals surface area contributed by atoms with Crippen molar-refractivity contribution in [2.24, 2.45) is 0 Å². The number of carbonyl (C=O) groups is 1. The molecule has 2 aromatic carbocycles. The molecule has 1 saturated heterocycles. The molecule has 1 N–H and O–H groups in total. The fraction of sp³-hybridized carbons (Fsp3) is 0.500. The molecule has 0 unspecified atom stereocenters. The van der Waals surface area contributed by atoms with Gasteiger partial charge in [-0.25, -0.2) is 0 Å². The van der Waals surface area contributed by atoms with E-state index in [9.17, 15) is 4.79 Å². The van der Waals surface area contributed by atoms with Crippen molar-refractivity contribution in [3.63, 3.8) is 0 Å². The van der Waals surface area contributed by atoms with Crippen LogP contribution in [0.25, 0.3) is 0 Å². The lowest BCUT2D eigenvalue weighted by atomic mass is 10.00. The molecule has 0 aliphatic carbocycles. The molecule has 2 aliphatic heterocycles. The van der Waals surface area contributed by atoms with E-state index in [1.807, 2.05) is 18.2 Å². The highest BCUT2D eigenvalue weighted by molar-refractivity contribution is 5.94. The van der Waals surface area contributed by atoms with Crippen LogP contribution in [0, 0.1) is 0 Å². The topological polar surface area (TPSA) is 48.0 Å².